The Labute approximate surface area is 237 Å². The smallest absolute Gasteiger partial charge is 0.278 e. The predicted molar refractivity (Wildman–Crippen MR) is 158 cm³/mol. The average Bonchev–Trinajstić information content (AvgIpc) is 3.23. The van der Waals surface area contributed by atoms with Crippen molar-refractivity contribution in [1.82, 2.24) is 29.2 Å². The van der Waals surface area contributed by atoms with Crippen molar-refractivity contribution in [3.63, 3.8) is 0 Å². The lowest BCUT2D eigenvalue weighted by molar-refractivity contribution is 0.249. The minimum atomic E-state index is -4.07. The van der Waals surface area contributed by atoms with Gasteiger partial charge in [0.25, 0.3) is 15.6 Å². The van der Waals surface area contributed by atoms with Crippen molar-refractivity contribution in [3.8, 4) is 11.6 Å². The van der Waals surface area contributed by atoms with Crippen molar-refractivity contribution in [2.24, 2.45) is 5.14 Å². The van der Waals surface area contributed by atoms with E-state index >= 15 is 0 Å². The molecule has 13 nitrogen and oxygen atoms in total. The van der Waals surface area contributed by atoms with E-state index in [-0.39, 0.29) is 39.9 Å². The quantitative estimate of drug-likeness (QED) is 0.282. The number of allylic oxidation sites excluding steroid dienone is 1. The molecule has 0 spiro atoms. The number of ether oxygens (including phenoxy) is 1. The van der Waals surface area contributed by atoms with Crippen LogP contribution in [0.1, 0.15) is 12.8 Å². The molecule has 1 aliphatic rings. The number of fused-ring (bicyclic) bond motifs is 1. The lowest BCUT2D eigenvalue weighted by atomic mass is 10.0. The molecular weight excluding hydrogens is 546 g/mol. The first kappa shape index (κ1) is 28.3. The van der Waals surface area contributed by atoms with E-state index in [0.717, 1.165) is 37.4 Å². The van der Waals surface area contributed by atoms with Crippen molar-refractivity contribution in [1.29, 1.82) is 0 Å². The van der Waals surface area contributed by atoms with E-state index in [4.69, 9.17) is 9.88 Å². The molecule has 4 aromatic rings. The van der Waals surface area contributed by atoms with Crippen molar-refractivity contribution in [3.05, 3.63) is 65.6 Å². The highest BCUT2D eigenvalue weighted by Gasteiger charge is 2.23. The number of aromatic nitrogens is 5. The third-order valence-electron chi connectivity index (χ3n) is 7.17. The fourth-order valence-corrected chi connectivity index (χ4v) is 5.55. The number of anilines is 3. The zero-order valence-corrected chi connectivity index (χ0v) is 24.0. The molecule has 3 N–H and O–H groups in total. The summed E-state index contributed by atoms with van der Waals surface area (Å²) >= 11 is 0. The van der Waals surface area contributed by atoms with E-state index in [0.29, 0.717) is 11.7 Å². The third-order valence-corrected chi connectivity index (χ3v) is 7.98. The Kier molecular flexibility index (Phi) is 7.80. The third kappa shape index (κ3) is 5.66. The van der Waals surface area contributed by atoms with E-state index in [2.05, 4.69) is 50.7 Å². The Morgan fingerprint density at radius 3 is 2.61 bits per heavy atom. The molecule has 0 unspecified atom stereocenters. The number of nitrogens with one attached hydrogen (secondary N) is 1. The summed E-state index contributed by atoms with van der Waals surface area (Å²) in [6, 6.07) is 10.7. The molecule has 0 amide bonds. The Bertz CT molecular complexity index is 1760. The van der Waals surface area contributed by atoms with Gasteiger partial charge in [-0.2, -0.15) is 4.98 Å². The monoisotopic (exact) mass is 579 g/mol. The van der Waals surface area contributed by atoms with Gasteiger partial charge in [0.15, 0.2) is 16.5 Å². The van der Waals surface area contributed by atoms with Gasteiger partial charge in [-0.05, 0) is 51.2 Å². The topological polar surface area (TPSA) is 154 Å². The van der Waals surface area contributed by atoms with Gasteiger partial charge in [0.2, 0.25) is 5.95 Å². The van der Waals surface area contributed by atoms with Crippen LogP contribution in [-0.4, -0.2) is 78.0 Å². The molecule has 0 saturated carbocycles. The molecule has 0 bridgehead atoms. The summed E-state index contributed by atoms with van der Waals surface area (Å²) in [5.74, 6) is 1.10. The van der Waals surface area contributed by atoms with Crippen molar-refractivity contribution in [2.45, 2.75) is 30.5 Å². The lowest BCUT2D eigenvalue weighted by Gasteiger charge is -2.37. The largest absolute Gasteiger partial charge is 0.495 e. The Balaban J connectivity index is 1.50. The van der Waals surface area contributed by atoms with Crippen LogP contribution in [0.2, 0.25) is 0 Å². The lowest BCUT2D eigenvalue weighted by Crippen LogP contribution is -2.42. The highest BCUT2D eigenvalue weighted by atomic mass is 32.2. The number of rotatable bonds is 9. The molecule has 3 aromatic heterocycles. The predicted octanol–water partition coefficient (Wildman–Crippen LogP) is 2.09. The van der Waals surface area contributed by atoms with Crippen LogP contribution >= 0.6 is 0 Å². The fourth-order valence-electron chi connectivity index (χ4n) is 5.06. The Morgan fingerprint density at radius 2 is 1.95 bits per heavy atom. The number of benzene rings is 1. The zero-order valence-electron chi connectivity index (χ0n) is 23.2. The maximum absolute atomic E-state index is 13.2. The van der Waals surface area contributed by atoms with Gasteiger partial charge in [-0.25, -0.2) is 32.9 Å². The summed E-state index contributed by atoms with van der Waals surface area (Å²) < 4.78 is 32.4. The maximum atomic E-state index is 13.2. The molecule has 14 heteroatoms. The molecular formula is C27H33N9O4S. The number of pyridine rings is 1. The first-order chi connectivity index (χ1) is 19.6. The SMILES string of the molecule is C=CCn1c(=O)c2cnc(Nc3ccc(N4CCC(N(C)C)CC4)c(OC)c3)nc2n1-c1cccc(S(N)(=O)=O)n1. The summed E-state index contributed by atoms with van der Waals surface area (Å²) in [7, 11) is 1.80. The summed E-state index contributed by atoms with van der Waals surface area (Å²) in [5.41, 5.74) is 1.57. The van der Waals surface area contributed by atoms with Crippen LogP contribution in [0, 0.1) is 0 Å². The second-order valence-corrected chi connectivity index (χ2v) is 11.5. The van der Waals surface area contributed by atoms with E-state index in [1.807, 2.05) is 18.2 Å². The van der Waals surface area contributed by atoms with Crippen molar-refractivity contribution in [2.75, 3.05) is 44.5 Å². The van der Waals surface area contributed by atoms with Crippen LogP contribution in [0.3, 0.4) is 0 Å². The molecule has 1 saturated heterocycles. The summed E-state index contributed by atoms with van der Waals surface area (Å²) in [4.78, 5) is 30.9. The second-order valence-electron chi connectivity index (χ2n) is 9.99. The summed E-state index contributed by atoms with van der Waals surface area (Å²) in [5, 5.41) is 8.38. The molecule has 0 atom stereocenters. The molecule has 41 heavy (non-hydrogen) atoms. The second kappa shape index (κ2) is 11.3. The number of methoxy groups -OCH3 is 1. The number of nitrogens with two attached hydrogens (primary N) is 1. The first-order valence-corrected chi connectivity index (χ1v) is 14.6. The number of piperidine rings is 1. The molecule has 0 aliphatic carbocycles. The van der Waals surface area contributed by atoms with Gasteiger partial charge in [0.05, 0.1) is 19.3 Å². The van der Waals surface area contributed by atoms with Gasteiger partial charge in [-0.1, -0.05) is 12.1 Å². The minimum Gasteiger partial charge on any atom is -0.495 e. The Hall–Kier alpha value is -4.27. The van der Waals surface area contributed by atoms with Crippen LogP contribution in [-0.2, 0) is 16.6 Å². The zero-order chi connectivity index (χ0) is 29.3. The highest BCUT2D eigenvalue weighted by molar-refractivity contribution is 7.89. The van der Waals surface area contributed by atoms with E-state index < -0.39 is 10.0 Å². The summed E-state index contributed by atoms with van der Waals surface area (Å²) in [6.07, 6.45) is 5.12. The van der Waals surface area contributed by atoms with Crippen LogP contribution in [0.25, 0.3) is 16.9 Å². The molecule has 0 radical (unpaired) electrons. The van der Waals surface area contributed by atoms with Gasteiger partial charge in [0.1, 0.15) is 11.1 Å². The van der Waals surface area contributed by atoms with E-state index in [9.17, 15) is 13.2 Å². The van der Waals surface area contributed by atoms with Gasteiger partial charge in [-0.3, -0.25) is 4.79 Å². The average molecular weight is 580 g/mol. The van der Waals surface area contributed by atoms with Crippen LogP contribution in [0.5, 0.6) is 5.75 Å². The van der Waals surface area contributed by atoms with Crippen molar-refractivity contribution < 1.29 is 13.2 Å². The number of sulfonamides is 1. The number of nitrogens with zero attached hydrogens (tertiary/aromatic N) is 7. The van der Waals surface area contributed by atoms with Crippen LogP contribution < -0.4 is 25.7 Å². The molecule has 5 rings (SSSR count). The standard InChI is InChI=1S/C27H33N9O4S/c1-5-13-35-26(37)20-17-29-27(32-25(20)36(35)23-7-6-8-24(31-23)41(28,38)39)30-18-9-10-21(22(16-18)40-4)34-14-11-19(12-15-34)33(2)3/h5-10,16-17,19H,1,11-15H2,2-4H3,(H2,28,38,39)(H,29,30,32). The van der Waals surface area contributed by atoms with Crippen molar-refractivity contribution >= 4 is 38.4 Å². The van der Waals surface area contributed by atoms with Gasteiger partial charge in [-0.15, -0.1) is 6.58 Å². The molecule has 4 heterocycles. The van der Waals surface area contributed by atoms with E-state index in [1.54, 1.807) is 19.3 Å². The van der Waals surface area contributed by atoms with Gasteiger partial charge >= 0.3 is 0 Å². The normalized spacial score (nSPS) is 14.5. The molecule has 216 valence electrons. The molecule has 1 aromatic carbocycles. The van der Waals surface area contributed by atoms with Crippen LogP contribution in [0.15, 0.2) is 65.1 Å². The van der Waals surface area contributed by atoms with Gasteiger partial charge < -0.3 is 19.9 Å². The maximum Gasteiger partial charge on any atom is 0.278 e. The minimum absolute atomic E-state index is 0.129. The fraction of sp³-hybridized carbons (Fsp3) is 0.333. The number of hydrogen-bond donors (Lipinski definition) is 2. The van der Waals surface area contributed by atoms with Crippen LogP contribution in [0.4, 0.5) is 17.3 Å². The Morgan fingerprint density at radius 1 is 1.20 bits per heavy atom. The highest BCUT2D eigenvalue weighted by Crippen LogP contribution is 2.34. The first-order valence-electron chi connectivity index (χ1n) is 13.1. The number of primary sulfonamides is 1. The summed E-state index contributed by atoms with van der Waals surface area (Å²) in [6.45, 7) is 5.73. The molecule has 1 fully saturated rings. The number of hydrogen-bond acceptors (Lipinski definition) is 10. The van der Waals surface area contributed by atoms with Gasteiger partial charge in [0, 0.05) is 37.1 Å². The molecule has 1 aliphatic heterocycles. The van der Waals surface area contributed by atoms with E-state index in [1.165, 1.54) is 27.7 Å².